The summed E-state index contributed by atoms with van der Waals surface area (Å²) in [5.41, 5.74) is -0.220. The van der Waals surface area contributed by atoms with Crippen molar-refractivity contribution in [3.63, 3.8) is 0 Å². The standard InChI is InChI=1S/C14H21F3N2/c1-9(2)10-6-11(14(15,16)17)19-12(7-10)18-8-13(3,4)5/h6-7,9H,8H2,1-5H3,(H,18,19). The number of alkyl halides is 3. The predicted octanol–water partition coefficient (Wildman–Crippen LogP) is 4.68. The molecule has 0 aliphatic carbocycles. The van der Waals surface area contributed by atoms with E-state index in [9.17, 15) is 13.2 Å². The second kappa shape index (κ2) is 5.39. The SMILES string of the molecule is CC(C)c1cc(NCC(C)(C)C)nc(C(F)(F)F)c1. The Morgan fingerprint density at radius 2 is 1.74 bits per heavy atom. The monoisotopic (exact) mass is 274 g/mol. The van der Waals surface area contributed by atoms with Gasteiger partial charge in [0.1, 0.15) is 11.5 Å². The van der Waals surface area contributed by atoms with Crippen LogP contribution in [0.4, 0.5) is 19.0 Å². The lowest BCUT2D eigenvalue weighted by molar-refractivity contribution is -0.141. The number of halogens is 3. The first-order chi connectivity index (χ1) is 8.49. The van der Waals surface area contributed by atoms with Crippen LogP contribution >= 0.6 is 0 Å². The molecule has 0 atom stereocenters. The molecule has 0 saturated heterocycles. The van der Waals surface area contributed by atoms with Crippen molar-refractivity contribution >= 4 is 5.82 Å². The molecule has 1 aromatic rings. The Hall–Kier alpha value is -1.26. The van der Waals surface area contributed by atoms with Crippen LogP contribution in [0.3, 0.4) is 0 Å². The molecule has 19 heavy (non-hydrogen) atoms. The van der Waals surface area contributed by atoms with Gasteiger partial charge in [-0.3, -0.25) is 0 Å². The van der Waals surface area contributed by atoms with Gasteiger partial charge in [0.15, 0.2) is 0 Å². The average molecular weight is 274 g/mol. The third kappa shape index (κ3) is 5.09. The van der Waals surface area contributed by atoms with Crippen LogP contribution in [0.15, 0.2) is 12.1 Å². The lowest BCUT2D eigenvalue weighted by atomic mass is 9.97. The number of pyridine rings is 1. The van der Waals surface area contributed by atoms with Crippen LogP contribution in [-0.4, -0.2) is 11.5 Å². The van der Waals surface area contributed by atoms with E-state index < -0.39 is 11.9 Å². The molecule has 0 unspecified atom stereocenters. The zero-order chi connectivity index (χ0) is 14.8. The van der Waals surface area contributed by atoms with Gasteiger partial charge in [0, 0.05) is 6.54 Å². The Kier molecular flexibility index (Phi) is 4.48. The van der Waals surface area contributed by atoms with Crippen LogP contribution in [0, 0.1) is 5.41 Å². The van der Waals surface area contributed by atoms with E-state index >= 15 is 0 Å². The van der Waals surface area contributed by atoms with Crippen molar-refractivity contribution < 1.29 is 13.2 Å². The van der Waals surface area contributed by atoms with Gasteiger partial charge in [-0.05, 0) is 29.0 Å². The average Bonchev–Trinajstić information content (AvgIpc) is 2.23. The number of hydrogen-bond donors (Lipinski definition) is 1. The van der Waals surface area contributed by atoms with Crippen LogP contribution in [0.1, 0.15) is 51.8 Å². The molecule has 0 bridgehead atoms. The van der Waals surface area contributed by atoms with Crippen molar-refractivity contribution in [3.8, 4) is 0 Å². The van der Waals surface area contributed by atoms with Crippen molar-refractivity contribution in [3.05, 3.63) is 23.4 Å². The quantitative estimate of drug-likeness (QED) is 0.865. The minimum Gasteiger partial charge on any atom is -0.370 e. The summed E-state index contributed by atoms with van der Waals surface area (Å²) in [6.45, 7) is 10.3. The van der Waals surface area contributed by atoms with Crippen LogP contribution < -0.4 is 5.32 Å². The van der Waals surface area contributed by atoms with E-state index in [0.717, 1.165) is 6.07 Å². The van der Waals surface area contributed by atoms with Crippen molar-refractivity contribution in [1.29, 1.82) is 0 Å². The van der Waals surface area contributed by atoms with E-state index in [1.165, 1.54) is 0 Å². The molecular formula is C14H21F3N2. The minimum atomic E-state index is -4.41. The van der Waals surface area contributed by atoms with Crippen molar-refractivity contribution in [1.82, 2.24) is 4.98 Å². The van der Waals surface area contributed by atoms with Gasteiger partial charge in [-0.25, -0.2) is 4.98 Å². The van der Waals surface area contributed by atoms with Gasteiger partial charge in [0.2, 0.25) is 0 Å². The molecule has 0 saturated carbocycles. The van der Waals surface area contributed by atoms with Gasteiger partial charge < -0.3 is 5.32 Å². The lowest BCUT2D eigenvalue weighted by Crippen LogP contribution is -2.20. The lowest BCUT2D eigenvalue weighted by Gasteiger charge is -2.20. The summed E-state index contributed by atoms with van der Waals surface area (Å²) in [6.07, 6.45) is -4.41. The van der Waals surface area contributed by atoms with E-state index in [4.69, 9.17) is 0 Å². The maximum absolute atomic E-state index is 12.8. The topological polar surface area (TPSA) is 24.9 Å². The Morgan fingerprint density at radius 1 is 1.16 bits per heavy atom. The fraction of sp³-hybridized carbons (Fsp3) is 0.643. The van der Waals surface area contributed by atoms with Gasteiger partial charge >= 0.3 is 6.18 Å². The smallest absolute Gasteiger partial charge is 0.370 e. The molecule has 0 radical (unpaired) electrons. The number of aromatic nitrogens is 1. The highest BCUT2D eigenvalue weighted by Crippen LogP contribution is 2.31. The largest absolute Gasteiger partial charge is 0.433 e. The van der Waals surface area contributed by atoms with Crippen molar-refractivity contribution in [2.75, 3.05) is 11.9 Å². The first-order valence-electron chi connectivity index (χ1n) is 6.32. The highest BCUT2D eigenvalue weighted by molar-refractivity contribution is 5.41. The predicted molar refractivity (Wildman–Crippen MR) is 71.3 cm³/mol. The van der Waals surface area contributed by atoms with Crippen molar-refractivity contribution in [2.45, 2.75) is 46.7 Å². The molecule has 1 heterocycles. The number of anilines is 1. The molecule has 2 nitrogen and oxygen atoms in total. The molecule has 0 amide bonds. The molecule has 0 fully saturated rings. The Labute approximate surface area is 112 Å². The van der Waals surface area contributed by atoms with E-state index in [1.54, 1.807) is 6.07 Å². The van der Waals surface area contributed by atoms with E-state index in [1.807, 2.05) is 34.6 Å². The third-order valence-corrected chi connectivity index (χ3v) is 2.60. The molecule has 0 spiro atoms. The fourth-order valence-electron chi connectivity index (χ4n) is 1.48. The summed E-state index contributed by atoms with van der Waals surface area (Å²) in [4.78, 5) is 3.65. The minimum absolute atomic E-state index is 0.0199. The van der Waals surface area contributed by atoms with Gasteiger partial charge in [-0.1, -0.05) is 34.6 Å². The summed E-state index contributed by atoms with van der Waals surface area (Å²) in [6, 6.07) is 2.80. The van der Waals surface area contributed by atoms with Gasteiger partial charge in [-0.15, -0.1) is 0 Å². The summed E-state index contributed by atoms with van der Waals surface area (Å²) >= 11 is 0. The summed E-state index contributed by atoms with van der Waals surface area (Å²) in [5.74, 6) is 0.313. The third-order valence-electron chi connectivity index (χ3n) is 2.60. The molecule has 1 rings (SSSR count). The summed E-state index contributed by atoms with van der Waals surface area (Å²) in [5, 5.41) is 2.98. The van der Waals surface area contributed by atoms with Crippen molar-refractivity contribution in [2.24, 2.45) is 5.41 Å². The van der Waals surface area contributed by atoms with E-state index in [0.29, 0.717) is 12.1 Å². The maximum Gasteiger partial charge on any atom is 0.433 e. The van der Waals surface area contributed by atoms with E-state index in [2.05, 4.69) is 10.3 Å². The Bertz CT molecular complexity index is 431. The molecule has 5 heteroatoms. The number of nitrogens with zero attached hydrogens (tertiary/aromatic N) is 1. The summed E-state index contributed by atoms with van der Waals surface area (Å²) in [7, 11) is 0. The normalized spacial score (nSPS) is 12.9. The van der Waals surface area contributed by atoms with E-state index in [-0.39, 0.29) is 17.2 Å². The first kappa shape index (κ1) is 15.8. The zero-order valence-electron chi connectivity index (χ0n) is 12.0. The number of rotatable bonds is 3. The van der Waals surface area contributed by atoms with Crippen LogP contribution in [0.2, 0.25) is 0 Å². The molecule has 0 aromatic carbocycles. The molecule has 0 aliphatic heterocycles. The molecule has 0 aliphatic rings. The highest BCUT2D eigenvalue weighted by atomic mass is 19.4. The maximum atomic E-state index is 12.8. The second-order valence-electron chi connectivity index (χ2n) is 6.24. The van der Waals surface area contributed by atoms with Gasteiger partial charge in [0.25, 0.3) is 0 Å². The zero-order valence-corrected chi connectivity index (χ0v) is 12.0. The Morgan fingerprint density at radius 3 is 2.16 bits per heavy atom. The molecule has 1 aromatic heterocycles. The van der Waals surface area contributed by atoms with Crippen LogP contribution in [0.5, 0.6) is 0 Å². The van der Waals surface area contributed by atoms with Crippen LogP contribution in [0.25, 0.3) is 0 Å². The molecular weight excluding hydrogens is 253 g/mol. The van der Waals surface area contributed by atoms with Gasteiger partial charge in [0.05, 0.1) is 0 Å². The fourth-order valence-corrected chi connectivity index (χ4v) is 1.48. The molecule has 1 N–H and O–H groups in total. The highest BCUT2D eigenvalue weighted by Gasteiger charge is 2.33. The van der Waals surface area contributed by atoms with Gasteiger partial charge in [-0.2, -0.15) is 13.2 Å². The first-order valence-corrected chi connectivity index (χ1v) is 6.32. The summed E-state index contributed by atoms with van der Waals surface area (Å²) < 4.78 is 38.4. The Balaban J connectivity index is 3.07. The number of nitrogens with one attached hydrogen (secondary N) is 1. The second-order valence-corrected chi connectivity index (χ2v) is 6.24. The molecule has 108 valence electrons. The van der Waals surface area contributed by atoms with Crippen LogP contribution in [-0.2, 0) is 6.18 Å². The number of hydrogen-bond acceptors (Lipinski definition) is 2.